The monoisotopic (exact) mass is 250 g/mol. The molecule has 12 heavy (non-hydrogen) atoms. The molecule has 0 aliphatic rings. The summed E-state index contributed by atoms with van der Waals surface area (Å²) in [5.41, 5.74) is 0. The van der Waals surface area contributed by atoms with E-state index in [0.717, 1.165) is 4.47 Å². The number of rotatable bonds is 3. The molecule has 0 bridgehead atoms. The summed E-state index contributed by atoms with van der Waals surface area (Å²) in [5.74, 6) is -0.993. The molecule has 0 radical (unpaired) electrons. The second kappa shape index (κ2) is 4.02. The number of hydrogen-bond acceptors (Lipinski definition) is 3. The summed E-state index contributed by atoms with van der Waals surface area (Å²) in [6.07, 6.45) is -1.13. The molecule has 0 saturated carbocycles. The van der Waals surface area contributed by atoms with E-state index in [1.54, 1.807) is 11.4 Å². The van der Waals surface area contributed by atoms with Gasteiger partial charge in [0.1, 0.15) is 0 Å². The summed E-state index contributed by atoms with van der Waals surface area (Å²) >= 11 is 4.56. The Bertz CT molecular complexity index is 284. The van der Waals surface area contributed by atoms with Crippen LogP contribution in [-0.2, 0) is 4.79 Å². The van der Waals surface area contributed by atoms with Crippen molar-refractivity contribution in [3.8, 4) is 0 Å². The van der Waals surface area contributed by atoms with E-state index in [0.29, 0.717) is 4.88 Å². The molecule has 0 aromatic carbocycles. The van der Waals surface area contributed by atoms with E-state index in [9.17, 15) is 9.90 Å². The van der Waals surface area contributed by atoms with Crippen LogP contribution < -0.4 is 0 Å². The third-order valence-electron chi connectivity index (χ3n) is 1.28. The zero-order valence-corrected chi connectivity index (χ0v) is 8.43. The molecular weight excluding hydrogens is 244 g/mol. The lowest BCUT2D eigenvalue weighted by Gasteiger charge is -2.02. The summed E-state index contributed by atoms with van der Waals surface area (Å²) in [5, 5.41) is 19.5. The third-order valence-corrected chi connectivity index (χ3v) is 3.08. The Balaban J connectivity index is 2.64. The quantitative estimate of drug-likeness (QED) is 0.863. The van der Waals surface area contributed by atoms with Crippen LogP contribution in [0.5, 0.6) is 0 Å². The average molecular weight is 251 g/mol. The zero-order valence-electron chi connectivity index (χ0n) is 6.03. The van der Waals surface area contributed by atoms with Gasteiger partial charge in [-0.3, -0.25) is 4.79 Å². The first-order valence-electron chi connectivity index (χ1n) is 3.23. The summed E-state index contributed by atoms with van der Waals surface area (Å²) in [6, 6.07) is 1.72. The van der Waals surface area contributed by atoms with Gasteiger partial charge in [0.15, 0.2) is 0 Å². The minimum atomic E-state index is -0.993. The summed E-state index contributed by atoms with van der Waals surface area (Å²) in [7, 11) is 0. The molecule has 0 amide bonds. The molecule has 1 atom stereocenters. The first-order chi connectivity index (χ1) is 5.59. The summed E-state index contributed by atoms with van der Waals surface area (Å²) in [6.45, 7) is 0. The zero-order chi connectivity index (χ0) is 9.14. The average Bonchev–Trinajstić information content (AvgIpc) is 2.34. The molecule has 3 nitrogen and oxygen atoms in total. The highest BCUT2D eigenvalue weighted by Gasteiger charge is 2.13. The SMILES string of the molecule is O=C(O)CC(O)c1cc(Br)cs1. The maximum atomic E-state index is 10.2. The lowest BCUT2D eigenvalue weighted by molar-refractivity contribution is -0.139. The van der Waals surface area contributed by atoms with Crippen LogP contribution in [0.1, 0.15) is 17.4 Å². The highest BCUT2D eigenvalue weighted by molar-refractivity contribution is 9.10. The largest absolute Gasteiger partial charge is 0.481 e. The number of carboxylic acid groups (broad SMARTS) is 1. The van der Waals surface area contributed by atoms with Crippen molar-refractivity contribution in [2.24, 2.45) is 0 Å². The molecule has 66 valence electrons. The number of aliphatic hydroxyl groups excluding tert-OH is 1. The topological polar surface area (TPSA) is 57.5 Å². The first kappa shape index (κ1) is 9.70. The molecule has 1 rings (SSSR count). The molecule has 0 aliphatic heterocycles. The standard InChI is InChI=1S/C7H7BrO3S/c8-4-1-6(12-3-4)5(9)2-7(10)11/h1,3,5,9H,2H2,(H,10,11). The first-order valence-corrected chi connectivity index (χ1v) is 4.90. The third kappa shape index (κ3) is 2.58. The molecule has 1 aromatic heterocycles. The van der Waals surface area contributed by atoms with E-state index in [4.69, 9.17) is 5.11 Å². The van der Waals surface area contributed by atoms with Crippen molar-refractivity contribution in [1.82, 2.24) is 0 Å². The van der Waals surface area contributed by atoms with Gasteiger partial charge in [-0.1, -0.05) is 0 Å². The maximum Gasteiger partial charge on any atom is 0.306 e. The van der Waals surface area contributed by atoms with Crippen molar-refractivity contribution in [1.29, 1.82) is 0 Å². The smallest absolute Gasteiger partial charge is 0.306 e. The van der Waals surface area contributed by atoms with E-state index in [2.05, 4.69) is 15.9 Å². The highest BCUT2D eigenvalue weighted by Crippen LogP contribution is 2.27. The number of aliphatic carboxylic acids is 1. The molecule has 1 heterocycles. The molecule has 1 unspecified atom stereocenters. The van der Waals surface area contributed by atoms with E-state index in [1.165, 1.54) is 11.3 Å². The Hall–Kier alpha value is -0.390. The van der Waals surface area contributed by atoms with Gasteiger partial charge in [-0.05, 0) is 22.0 Å². The van der Waals surface area contributed by atoms with E-state index in [1.807, 2.05) is 0 Å². The fourth-order valence-electron chi connectivity index (χ4n) is 0.769. The lowest BCUT2D eigenvalue weighted by Crippen LogP contribution is -2.03. The van der Waals surface area contributed by atoms with Gasteiger partial charge < -0.3 is 10.2 Å². The predicted molar refractivity (Wildman–Crippen MR) is 49.2 cm³/mol. The van der Waals surface area contributed by atoms with Gasteiger partial charge in [0.2, 0.25) is 0 Å². The molecule has 0 aliphatic carbocycles. The maximum absolute atomic E-state index is 10.2. The Morgan fingerprint density at radius 3 is 2.83 bits per heavy atom. The molecular formula is C7H7BrO3S. The fraction of sp³-hybridized carbons (Fsp3) is 0.286. The predicted octanol–water partition coefficient (Wildman–Crippen LogP) is 2.02. The van der Waals surface area contributed by atoms with Crippen molar-refractivity contribution < 1.29 is 15.0 Å². The van der Waals surface area contributed by atoms with Crippen LogP contribution in [-0.4, -0.2) is 16.2 Å². The number of thiophene rings is 1. The number of halogens is 1. The van der Waals surface area contributed by atoms with E-state index >= 15 is 0 Å². The number of carbonyl (C=O) groups is 1. The van der Waals surface area contributed by atoms with Crippen molar-refractivity contribution in [3.05, 3.63) is 20.8 Å². The second-order valence-corrected chi connectivity index (χ2v) is 4.14. The van der Waals surface area contributed by atoms with Gasteiger partial charge in [0, 0.05) is 14.7 Å². The summed E-state index contributed by atoms with van der Waals surface area (Å²) in [4.78, 5) is 10.9. The van der Waals surface area contributed by atoms with Crippen LogP contribution in [0, 0.1) is 0 Å². The van der Waals surface area contributed by atoms with Gasteiger partial charge in [0.25, 0.3) is 0 Å². The lowest BCUT2D eigenvalue weighted by atomic mass is 10.2. The normalized spacial score (nSPS) is 12.8. The molecule has 1 aromatic rings. The number of aliphatic hydroxyl groups is 1. The molecule has 5 heteroatoms. The van der Waals surface area contributed by atoms with Crippen molar-refractivity contribution in [3.63, 3.8) is 0 Å². The van der Waals surface area contributed by atoms with Crippen LogP contribution >= 0.6 is 27.3 Å². The van der Waals surface area contributed by atoms with E-state index in [-0.39, 0.29) is 6.42 Å². The minimum absolute atomic E-state index is 0.243. The van der Waals surface area contributed by atoms with Crippen LogP contribution in [0.4, 0.5) is 0 Å². The Kier molecular flexibility index (Phi) is 3.25. The van der Waals surface area contributed by atoms with Gasteiger partial charge >= 0.3 is 5.97 Å². The van der Waals surface area contributed by atoms with Gasteiger partial charge in [-0.15, -0.1) is 11.3 Å². The minimum Gasteiger partial charge on any atom is -0.481 e. The number of carboxylic acids is 1. The van der Waals surface area contributed by atoms with Gasteiger partial charge in [0.05, 0.1) is 12.5 Å². The summed E-state index contributed by atoms with van der Waals surface area (Å²) < 4.78 is 0.868. The second-order valence-electron chi connectivity index (χ2n) is 2.28. The molecule has 0 spiro atoms. The Morgan fingerprint density at radius 1 is 1.75 bits per heavy atom. The molecule has 2 N–H and O–H groups in total. The van der Waals surface area contributed by atoms with Gasteiger partial charge in [-0.25, -0.2) is 0 Å². The van der Waals surface area contributed by atoms with Gasteiger partial charge in [-0.2, -0.15) is 0 Å². The van der Waals surface area contributed by atoms with Crippen LogP contribution in [0.2, 0.25) is 0 Å². The fourth-order valence-corrected chi connectivity index (χ4v) is 2.20. The molecule has 0 saturated heterocycles. The number of hydrogen-bond donors (Lipinski definition) is 2. The highest BCUT2D eigenvalue weighted by atomic mass is 79.9. The van der Waals surface area contributed by atoms with Crippen molar-refractivity contribution in [2.75, 3.05) is 0 Å². The van der Waals surface area contributed by atoms with Crippen molar-refractivity contribution in [2.45, 2.75) is 12.5 Å². The van der Waals surface area contributed by atoms with E-state index < -0.39 is 12.1 Å². The Labute approximate surface area is 81.8 Å². The molecule has 0 fully saturated rings. The Morgan fingerprint density at radius 2 is 2.42 bits per heavy atom. The van der Waals surface area contributed by atoms with Crippen molar-refractivity contribution >= 4 is 33.2 Å². The van der Waals surface area contributed by atoms with Crippen LogP contribution in [0.3, 0.4) is 0 Å². The van der Waals surface area contributed by atoms with Crippen LogP contribution in [0.25, 0.3) is 0 Å². The van der Waals surface area contributed by atoms with Crippen LogP contribution in [0.15, 0.2) is 15.9 Å².